The average molecular weight is 297 g/mol. The van der Waals surface area contributed by atoms with E-state index in [1.807, 2.05) is 6.92 Å². The van der Waals surface area contributed by atoms with Crippen molar-refractivity contribution in [2.24, 2.45) is 0 Å². The Hall–Kier alpha value is -1.07. The van der Waals surface area contributed by atoms with Crippen molar-refractivity contribution in [2.45, 2.75) is 45.7 Å². The summed E-state index contributed by atoms with van der Waals surface area (Å²) in [7, 11) is 0. The average Bonchev–Trinajstić information content (AvgIpc) is 2.98. The molecule has 20 heavy (non-hydrogen) atoms. The summed E-state index contributed by atoms with van der Waals surface area (Å²) in [6, 6.07) is 0.452. The summed E-state index contributed by atoms with van der Waals surface area (Å²) in [6.07, 6.45) is 2.88. The minimum atomic E-state index is 0.452. The van der Waals surface area contributed by atoms with Crippen LogP contribution in [0, 0.1) is 6.92 Å². The summed E-state index contributed by atoms with van der Waals surface area (Å²) in [6.45, 7) is 6.65. The van der Waals surface area contributed by atoms with Crippen LogP contribution in [-0.2, 0) is 17.7 Å². The molecule has 0 saturated carbocycles. The van der Waals surface area contributed by atoms with Crippen molar-refractivity contribution in [3.63, 3.8) is 0 Å². The Bertz CT molecular complexity index is 598. The van der Waals surface area contributed by atoms with Crippen LogP contribution in [0.2, 0.25) is 0 Å². The summed E-state index contributed by atoms with van der Waals surface area (Å²) >= 11 is 5.95. The fraction of sp³-hybridized carbons (Fsp3) is 0.714. The van der Waals surface area contributed by atoms with Gasteiger partial charge in [-0.2, -0.15) is 5.10 Å². The van der Waals surface area contributed by atoms with E-state index >= 15 is 0 Å². The molecule has 0 N–H and O–H groups in total. The maximum atomic E-state index is 5.95. The smallest absolute Gasteiger partial charge is 0.159 e. The lowest BCUT2D eigenvalue weighted by atomic mass is 10.1. The van der Waals surface area contributed by atoms with Crippen LogP contribution in [0.3, 0.4) is 0 Å². The zero-order valence-electron chi connectivity index (χ0n) is 12.1. The maximum Gasteiger partial charge on any atom is 0.159 e. The van der Waals surface area contributed by atoms with Gasteiger partial charge in [0.2, 0.25) is 0 Å². The molecule has 6 heteroatoms. The first-order chi connectivity index (χ1) is 9.76. The number of alkyl halides is 1. The number of fused-ring (bicyclic) bond motifs is 1. The van der Waals surface area contributed by atoms with Gasteiger partial charge in [0.05, 0.1) is 5.69 Å². The predicted molar refractivity (Wildman–Crippen MR) is 79.4 cm³/mol. The molecule has 2 aromatic heterocycles. The quantitative estimate of drug-likeness (QED) is 0.815. The molecule has 1 aliphatic heterocycles. The number of rotatable bonds is 4. The Labute approximate surface area is 123 Å². The number of halogens is 1. The van der Waals surface area contributed by atoms with Crippen LogP contribution in [0.5, 0.6) is 0 Å². The predicted octanol–water partition coefficient (Wildman–Crippen LogP) is 2.69. The zero-order chi connectivity index (χ0) is 14.1. The molecule has 0 radical (unpaired) electrons. The molecule has 0 amide bonds. The third kappa shape index (κ3) is 2.23. The Morgan fingerprint density at radius 2 is 2.10 bits per heavy atom. The van der Waals surface area contributed by atoms with Gasteiger partial charge in [-0.1, -0.05) is 0 Å². The lowest BCUT2D eigenvalue weighted by Gasteiger charge is -2.25. The molecule has 5 nitrogen and oxygen atoms in total. The maximum absolute atomic E-state index is 5.95. The molecule has 0 aromatic carbocycles. The van der Waals surface area contributed by atoms with Gasteiger partial charge in [0.1, 0.15) is 11.3 Å². The van der Waals surface area contributed by atoms with E-state index in [1.54, 1.807) is 0 Å². The molecule has 1 fully saturated rings. The number of aromatic nitrogens is 4. The largest absolute Gasteiger partial charge is 0.381 e. The summed E-state index contributed by atoms with van der Waals surface area (Å²) in [5.74, 6) is 1.69. The monoisotopic (exact) mass is 296 g/mol. The van der Waals surface area contributed by atoms with E-state index in [0.717, 1.165) is 61.7 Å². The van der Waals surface area contributed by atoms with Crippen LogP contribution < -0.4 is 0 Å². The second-order valence-corrected chi connectivity index (χ2v) is 5.63. The van der Waals surface area contributed by atoms with Gasteiger partial charge in [0, 0.05) is 38.1 Å². The molecule has 110 valence electrons. The Morgan fingerprint density at radius 3 is 2.75 bits per heavy atom. The van der Waals surface area contributed by atoms with Gasteiger partial charge in [0.25, 0.3) is 0 Å². The van der Waals surface area contributed by atoms with E-state index in [-0.39, 0.29) is 0 Å². The van der Waals surface area contributed by atoms with E-state index in [2.05, 4.69) is 21.3 Å². The Morgan fingerprint density at radius 1 is 1.35 bits per heavy atom. The van der Waals surface area contributed by atoms with Gasteiger partial charge in [-0.05, 0) is 26.7 Å². The highest BCUT2D eigenvalue weighted by Gasteiger charge is 2.25. The zero-order valence-corrected chi connectivity index (χ0v) is 12.9. The van der Waals surface area contributed by atoms with Crippen LogP contribution in [-0.4, -0.2) is 38.4 Å². The number of hydrogen-bond acceptors (Lipinski definition) is 3. The van der Waals surface area contributed by atoms with Crippen molar-refractivity contribution in [1.82, 2.24) is 19.3 Å². The van der Waals surface area contributed by atoms with Crippen LogP contribution >= 0.6 is 11.6 Å². The van der Waals surface area contributed by atoms with Crippen molar-refractivity contribution in [3.05, 3.63) is 11.5 Å². The van der Waals surface area contributed by atoms with E-state index in [9.17, 15) is 0 Å². The van der Waals surface area contributed by atoms with E-state index < -0.39 is 0 Å². The summed E-state index contributed by atoms with van der Waals surface area (Å²) in [5, 5.41) is 4.59. The normalized spacial score (nSPS) is 17.1. The molecule has 3 rings (SSSR count). The number of hydrogen-bond donors (Lipinski definition) is 0. The molecule has 0 spiro atoms. The van der Waals surface area contributed by atoms with Gasteiger partial charge in [-0.3, -0.25) is 0 Å². The van der Waals surface area contributed by atoms with Gasteiger partial charge in [-0.25, -0.2) is 9.67 Å². The van der Waals surface area contributed by atoms with Gasteiger partial charge >= 0.3 is 0 Å². The van der Waals surface area contributed by atoms with Crippen molar-refractivity contribution < 1.29 is 4.74 Å². The first kappa shape index (κ1) is 13.9. The second kappa shape index (κ2) is 5.74. The molecule has 1 saturated heterocycles. The van der Waals surface area contributed by atoms with E-state index in [0.29, 0.717) is 11.9 Å². The fourth-order valence-electron chi connectivity index (χ4n) is 3.04. The number of ether oxygens (including phenoxy) is 1. The molecular weight excluding hydrogens is 276 g/mol. The van der Waals surface area contributed by atoms with Gasteiger partial charge < -0.3 is 9.30 Å². The van der Waals surface area contributed by atoms with Crippen molar-refractivity contribution in [3.8, 4) is 0 Å². The fourth-order valence-corrected chi connectivity index (χ4v) is 3.21. The second-order valence-electron chi connectivity index (χ2n) is 5.25. The third-order valence-corrected chi connectivity index (χ3v) is 4.18. The molecule has 0 bridgehead atoms. The van der Waals surface area contributed by atoms with Crippen molar-refractivity contribution >= 4 is 22.8 Å². The van der Waals surface area contributed by atoms with E-state index in [4.69, 9.17) is 21.3 Å². The number of imidazole rings is 1. The Balaban J connectivity index is 2.15. The lowest BCUT2D eigenvalue weighted by Crippen LogP contribution is -2.22. The molecule has 3 heterocycles. The highest BCUT2D eigenvalue weighted by atomic mass is 35.5. The first-order valence-corrected chi connectivity index (χ1v) is 7.87. The molecule has 1 aliphatic rings. The molecule has 2 aromatic rings. The van der Waals surface area contributed by atoms with Gasteiger partial charge in [0.15, 0.2) is 5.65 Å². The minimum absolute atomic E-state index is 0.452. The Kier molecular flexibility index (Phi) is 3.98. The highest BCUT2D eigenvalue weighted by Crippen LogP contribution is 2.29. The number of aryl methyl sites for hydroxylation is 3. The molecule has 0 unspecified atom stereocenters. The molecule has 0 atom stereocenters. The third-order valence-electron chi connectivity index (χ3n) is 3.99. The van der Waals surface area contributed by atoms with Crippen LogP contribution in [0.15, 0.2) is 0 Å². The van der Waals surface area contributed by atoms with Crippen LogP contribution in [0.4, 0.5) is 0 Å². The topological polar surface area (TPSA) is 44.9 Å². The standard InChI is InChI=1S/C14H21ClN4O/c1-3-18-14-13(10(2)17-18)16-12(4-7-15)19(14)11-5-8-20-9-6-11/h11H,3-9H2,1-2H3. The SMILES string of the molecule is CCn1nc(C)c2nc(CCCl)n(C3CCOCC3)c21. The van der Waals surface area contributed by atoms with E-state index in [1.165, 1.54) is 0 Å². The summed E-state index contributed by atoms with van der Waals surface area (Å²) in [4.78, 5) is 4.80. The van der Waals surface area contributed by atoms with Gasteiger partial charge in [-0.15, -0.1) is 11.6 Å². The number of nitrogens with zero attached hydrogens (tertiary/aromatic N) is 4. The molecular formula is C14H21ClN4O. The lowest BCUT2D eigenvalue weighted by molar-refractivity contribution is 0.0696. The van der Waals surface area contributed by atoms with Crippen molar-refractivity contribution in [2.75, 3.05) is 19.1 Å². The summed E-state index contributed by atoms with van der Waals surface area (Å²) in [5.41, 5.74) is 3.18. The van der Waals surface area contributed by atoms with Crippen LogP contribution in [0.1, 0.15) is 37.3 Å². The first-order valence-electron chi connectivity index (χ1n) is 7.34. The van der Waals surface area contributed by atoms with Crippen molar-refractivity contribution in [1.29, 1.82) is 0 Å². The minimum Gasteiger partial charge on any atom is -0.381 e. The van der Waals surface area contributed by atoms with Crippen LogP contribution in [0.25, 0.3) is 11.2 Å². The summed E-state index contributed by atoms with van der Waals surface area (Å²) < 4.78 is 9.91. The molecule has 0 aliphatic carbocycles. The highest BCUT2D eigenvalue weighted by molar-refractivity contribution is 6.17.